The van der Waals surface area contributed by atoms with Gasteiger partial charge in [-0.3, -0.25) is 4.90 Å². The maximum Gasteiger partial charge on any atom is 0.151 e. The van der Waals surface area contributed by atoms with Crippen LogP contribution in [0.25, 0.3) is 0 Å². The van der Waals surface area contributed by atoms with Gasteiger partial charge in [0.1, 0.15) is 0 Å². The smallest absolute Gasteiger partial charge is 0.151 e. The first-order valence-electron chi connectivity index (χ1n) is 5.92. The molecule has 0 spiro atoms. The highest BCUT2D eigenvalue weighted by atomic mass is 32.2. The van der Waals surface area contributed by atoms with E-state index < -0.39 is 9.84 Å². The zero-order valence-corrected chi connectivity index (χ0v) is 11.2. The lowest BCUT2D eigenvalue weighted by atomic mass is 10.1. The Bertz CT molecular complexity index is 479. The van der Waals surface area contributed by atoms with Gasteiger partial charge in [-0.15, -0.1) is 0 Å². The summed E-state index contributed by atoms with van der Waals surface area (Å²) in [4.78, 5) is 2.15. The van der Waals surface area contributed by atoms with Gasteiger partial charge in [0.25, 0.3) is 0 Å². The van der Waals surface area contributed by atoms with Crippen LogP contribution in [-0.2, 0) is 16.4 Å². The fourth-order valence-corrected chi connectivity index (χ4v) is 4.04. The first-order valence-corrected chi connectivity index (χ1v) is 7.75. The van der Waals surface area contributed by atoms with E-state index in [0.29, 0.717) is 11.5 Å². The summed E-state index contributed by atoms with van der Waals surface area (Å²) in [7, 11) is -0.776. The summed E-state index contributed by atoms with van der Waals surface area (Å²) in [6, 6.07) is 8.58. The van der Waals surface area contributed by atoms with Crippen LogP contribution in [0.1, 0.15) is 17.5 Å². The van der Waals surface area contributed by atoms with Crippen molar-refractivity contribution < 1.29 is 8.42 Å². The molecular formula is C13H19NO2S. The highest BCUT2D eigenvalue weighted by molar-refractivity contribution is 7.91. The molecule has 1 aliphatic rings. The first kappa shape index (κ1) is 12.6. The van der Waals surface area contributed by atoms with E-state index in [1.54, 1.807) is 0 Å². The molecule has 17 heavy (non-hydrogen) atoms. The van der Waals surface area contributed by atoms with Gasteiger partial charge < -0.3 is 0 Å². The third-order valence-electron chi connectivity index (χ3n) is 3.38. The number of benzene rings is 1. The molecule has 94 valence electrons. The van der Waals surface area contributed by atoms with Crippen LogP contribution < -0.4 is 0 Å². The molecule has 0 bridgehead atoms. The van der Waals surface area contributed by atoms with Gasteiger partial charge in [-0.1, -0.05) is 29.8 Å². The van der Waals surface area contributed by atoms with Gasteiger partial charge in [0, 0.05) is 12.6 Å². The summed E-state index contributed by atoms with van der Waals surface area (Å²) in [5, 5.41) is 0. The minimum absolute atomic E-state index is 0.182. The zero-order valence-electron chi connectivity index (χ0n) is 10.4. The van der Waals surface area contributed by atoms with Gasteiger partial charge in [-0.25, -0.2) is 8.42 Å². The molecule has 2 rings (SSSR count). The normalized spacial score (nSPS) is 23.1. The third kappa shape index (κ3) is 3.30. The van der Waals surface area contributed by atoms with Crippen molar-refractivity contribution in [3.05, 3.63) is 35.4 Å². The second-order valence-corrected chi connectivity index (χ2v) is 7.19. The van der Waals surface area contributed by atoms with E-state index in [1.807, 2.05) is 7.05 Å². The highest BCUT2D eigenvalue weighted by Gasteiger charge is 2.30. The molecule has 0 unspecified atom stereocenters. The molecule has 0 aliphatic carbocycles. The summed E-state index contributed by atoms with van der Waals surface area (Å²) in [6.07, 6.45) is 0.769. The summed E-state index contributed by atoms with van der Waals surface area (Å²) >= 11 is 0. The van der Waals surface area contributed by atoms with Crippen molar-refractivity contribution in [1.29, 1.82) is 0 Å². The second-order valence-electron chi connectivity index (χ2n) is 4.96. The van der Waals surface area contributed by atoms with Gasteiger partial charge >= 0.3 is 0 Å². The molecule has 1 atom stereocenters. The molecule has 1 saturated heterocycles. The van der Waals surface area contributed by atoms with Crippen LogP contribution >= 0.6 is 0 Å². The van der Waals surface area contributed by atoms with Crippen molar-refractivity contribution >= 4 is 9.84 Å². The lowest BCUT2D eigenvalue weighted by Gasteiger charge is -2.23. The average molecular weight is 253 g/mol. The zero-order chi connectivity index (χ0) is 12.5. The third-order valence-corrected chi connectivity index (χ3v) is 5.13. The molecule has 1 heterocycles. The Morgan fingerprint density at radius 1 is 1.29 bits per heavy atom. The maximum atomic E-state index is 11.4. The van der Waals surface area contributed by atoms with E-state index in [2.05, 4.69) is 36.1 Å². The monoisotopic (exact) mass is 253 g/mol. The first-order chi connectivity index (χ1) is 7.96. The largest absolute Gasteiger partial charge is 0.298 e. The Balaban J connectivity index is 1.98. The van der Waals surface area contributed by atoms with Crippen molar-refractivity contribution in [2.75, 3.05) is 18.6 Å². The highest BCUT2D eigenvalue weighted by Crippen LogP contribution is 2.18. The quantitative estimate of drug-likeness (QED) is 0.821. The van der Waals surface area contributed by atoms with E-state index in [1.165, 1.54) is 11.1 Å². The summed E-state index contributed by atoms with van der Waals surface area (Å²) < 4.78 is 22.8. The molecule has 1 fully saturated rings. The number of hydrogen-bond donors (Lipinski definition) is 0. The Morgan fingerprint density at radius 3 is 2.47 bits per heavy atom. The second kappa shape index (κ2) is 4.78. The number of aryl methyl sites for hydroxylation is 1. The SMILES string of the molecule is Cc1ccc(CN(C)[C@@H]2CCS(=O)(=O)C2)cc1. The lowest BCUT2D eigenvalue weighted by molar-refractivity contribution is 0.254. The van der Waals surface area contributed by atoms with E-state index in [4.69, 9.17) is 0 Å². The van der Waals surface area contributed by atoms with Gasteiger partial charge in [0.05, 0.1) is 11.5 Å². The fourth-order valence-electron chi connectivity index (χ4n) is 2.23. The molecule has 0 aromatic heterocycles. The topological polar surface area (TPSA) is 37.4 Å². The van der Waals surface area contributed by atoms with Gasteiger partial charge in [-0.2, -0.15) is 0 Å². The van der Waals surface area contributed by atoms with Crippen LogP contribution in [0.15, 0.2) is 24.3 Å². The summed E-state index contributed by atoms with van der Waals surface area (Å²) in [5.74, 6) is 0.658. The van der Waals surface area contributed by atoms with Crippen LogP contribution in [-0.4, -0.2) is 37.9 Å². The lowest BCUT2D eigenvalue weighted by Crippen LogP contribution is -2.32. The van der Waals surface area contributed by atoms with E-state index in [9.17, 15) is 8.42 Å². The molecule has 0 amide bonds. The molecule has 0 saturated carbocycles. The molecule has 4 heteroatoms. The van der Waals surface area contributed by atoms with Crippen LogP contribution in [0, 0.1) is 6.92 Å². The molecule has 3 nitrogen and oxygen atoms in total. The Morgan fingerprint density at radius 2 is 1.94 bits per heavy atom. The minimum atomic E-state index is -2.78. The summed E-state index contributed by atoms with van der Waals surface area (Å²) in [5.41, 5.74) is 2.49. The Hall–Kier alpha value is -0.870. The minimum Gasteiger partial charge on any atom is -0.298 e. The van der Waals surface area contributed by atoms with Crippen molar-refractivity contribution in [3.8, 4) is 0 Å². The fraction of sp³-hybridized carbons (Fsp3) is 0.538. The number of rotatable bonds is 3. The molecule has 1 aromatic rings. The van der Waals surface area contributed by atoms with Gasteiger partial charge in [0.15, 0.2) is 9.84 Å². The van der Waals surface area contributed by atoms with Crippen molar-refractivity contribution in [1.82, 2.24) is 4.90 Å². The Kier molecular flexibility index (Phi) is 3.54. The summed E-state index contributed by atoms with van der Waals surface area (Å²) in [6.45, 7) is 2.89. The van der Waals surface area contributed by atoms with E-state index in [0.717, 1.165) is 13.0 Å². The van der Waals surface area contributed by atoms with Crippen molar-refractivity contribution in [3.63, 3.8) is 0 Å². The number of sulfone groups is 1. The van der Waals surface area contributed by atoms with E-state index in [-0.39, 0.29) is 6.04 Å². The predicted molar refractivity (Wildman–Crippen MR) is 69.7 cm³/mol. The standard InChI is InChI=1S/C13H19NO2S/c1-11-3-5-12(6-4-11)9-14(2)13-7-8-17(15,16)10-13/h3-6,13H,7-10H2,1-2H3/t13-/m1/s1. The Labute approximate surface area is 103 Å². The van der Waals surface area contributed by atoms with Gasteiger partial charge in [0.2, 0.25) is 0 Å². The van der Waals surface area contributed by atoms with Crippen LogP contribution in [0.5, 0.6) is 0 Å². The molecule has 0 N–H and O–H groups in total. The van der Waals surface area contributed by atoms with Crippen molar-refractivity contribution in [2.24, 2.45) is 0 Å². The average Bonchev–Trinajstić information content (AvgIpc) is 2.62. The number of hydrogen-bond acceptors (Lipinski definition) is 3. The van der Waals surface area contributed by atoms with Crippen LogP contribution in [0.2, 0.25) is 0 Å². The molecule has 0 radical (unpaired) electrons. The molecule has 1 aromatic carbocycles. The van der Waals surface area contributed by atoms with E-state index >= 15 is 0 Å². The van der Waals surface area contributed by atoms with Gasteiger partial charge in [-0.05, 0) is 26.0 Å². The maximum absolute atomic E-state index is 11.4. The number of nitrogens with zero attached hydrogens (tertiary/aromatic N) is 1. The van der Waals surface area contributed by atoms with Crippen LogP contribution in [0.4, 0.5) is 0 Å². The molecule has 1 aliphatic heterocycles. The van der Waals surface area contributed by atoms with Crippen LogP contribution in [0.3, 0.4) is 0 Å². The molecular weight excluding hydrogens is 234 g/mol. The van der Waals surface area contributed by atoms with Crippen molar-refractivity contribution in [2.45, 2.75) is 25.9 Å². The predicted octanol–water partition coefficient (Wildman–Crippen LogP) is 1.61.